The zero-order chi connectivity index (χ0) is 14.4. The average molecular weight is 276 g/mol. The van der Waals surface area contributed by atoms with Crippen LogP contribution in [0.3, 0.4) is 0 Å². The van der Waals surface area contributed by atoms with E-state index in [1.807, 2.05) is 17.0 Å². The minimum Gasteiger partial charge on any atom is -0.497 e. The van der Waals surface area contributed by atoms with Gasteiger partial charge in [-0.15, -0.1) is 0 Å². The van der Waals surface area contributed by atoms with Crippen molar-refractivity contribution in [2.24, 2.45) is 0 Å². The highest BCUT2D eigenvalue weighted by atomic mass is 16.5. The number of carbonyl (C=O) groups is 1. The Hall–Kier alpha value is -1.55. The van der Waals surface area contributed by atoms with Gasteiger partial charge in [-0.25, -0.2) is 0 Å². The molecule has 4 nitrogen and oxygen atoms in total. The number of benzene rings is 1. The number of methoxy groups -OCH3 is 1. The van der Waals surface area contributed by atoms with E-state index in [0.29, 0.717) is 12.3 Å². The molecule has 0 bridgehead atoms. The monoisotopic (exact) mass is 276 g/mol. The minimum absolute atomic E-state index is 0.302. The van der Waals surface area contributed by atoms with Crippen LogP contribution < -0.4 is 4.74 Å². The molecule has 0 saturated carbocycles. The van der Waals surface area contributed by atoms with Crippen LogP contribution in [0, 0.1) is 0 Å². The summed E-state index contributed by atoms with van der Waals surface area (Å²) in [5.74, 6) is 1.19. The van der Waals surface area contributed by atoms with Gasteiger partial charge in [-0.3, -0.25) is 9.69 Å². The molecule has 1 aromatic carbocycles. The first-order valence-electron chi connectivity index (χ1n) is 7.36. The van der Waals surface area contributed by atoms with Gasteiger partial charge in [-0.2, -0.15) is 0 Å². The van der Waals surface area contributed by atoms with Gasteiger partial charge in [0.2, 0.25) is 5.91 Å². The number of rotatable bonds is 5. The number of hydrogen-bond acceptors (Lipinski definition) is 3. The van der Waals surface area contributed by atoms with Crippen molar-refractivity contribution in [2.45, 2.75) is 26.3 Å². The second kappa shape index (κ2) is 7.29. The van der Waals surface area contributed by atoms with Gasteiger partial charge in [-0.05, 0) is 24.1 Å². The largest absolute Gasteiger partial charge is 0.497 e. The summed E-state index contributed by atoms with van der Waals surface area (Å²) < 4.78 is 5.16. The van der Waals surface area contributed by atoms with Crippen LogP contribution in [0.5, 0.6) is 5.75 Å². The van der Waals surface area contributed by atoms with E-state index in [0.717, 1.165) is 44.9 Å². The van der Waals surface area contributed by atoms with Crippen LogP contribution in [0.4, 0.5) is 0 Å². The highest BCUT2D eigenvalue weighted by molar-refractivity contribution is 5.76. The first-order valence-corrected chi connectivity index (χ1v) is 7.36. The van der Waals surface area contributed by atoms with Gasteiger partial charge >= 0.3 is 0 Å². The molecule has 2 rings (SSSR count). The Bertz CT molecular complexity index is 423. The molecule has 1 saturated heterocycles. The smallest absolute Gasteiger partial charge is 0.222 e. The Morgan fingerprint density at radius 2 is 1.80 bits per heavy atom. The summed E-state index contributed by atoms with van der Waals surface area (Å²) in [5, 5.41) is 0. The quantitative estimate of drug-likeness (QED) is 0.826. The van der Waals surface area contributed by atoms with Crippen molar-refractivity contribution in [1.82, 2.24) is 9.80 Å². The molecule has 110 valence electrons. The molecule has 1 aliphatic heterocycles. The Balaban J connectivity index is 1.80. The molecule has 0 aromatic heterocycles. The zero-order valence-electron chi connectivity index (χ0n) is 12.5. The highest BCUT2D eigenvalue weighted by Gasteiger charge is 2.20. The topological polar surface area (TPSA) is 32.8 Å². The molecule has 20 heavy (non-hydrogen) atoms. The van der Waals surface area contributed by atoms with Crippen molar-refractivity contribution in [3.8, 4) is 5.75 Å². The van der Waals surface area contributed by atoms with Gasteiger partial charge in [0.15, 0.2) is 0 Å². The number of amides is 1. The minimum atomic E-state index is 0.302. The lowest BCUT2D eigenvalue weighted by Crippen LogP contribution is -2.48. The standard InChI is InChI=1S/C16H24N2O2/c1-3-4-16(19)18-11-9-17(10-12-18)13-14-5-7-15(20-2)8-6-14/h5-8H,3-4,9-13H2,1-2H3. The molecule has 1 aromatic rings. The molecule has 0 aliphatic carbocycles. The summed E-state index contributed by atoms with van der Waals surface area (Å²) in [6.45, 7) is 6.63. The van der Waals surface area contributed by atoms with Gasteiger partial charge in [0.25, 0.3) is 0 Å². The van der Waals surface area contributed by atoms with E-state index < -0.39 is 0 Å². The van der Waals surface area contributed by atoms with Crippen LogP contribution in [0.1, 0.15) is 25.3 Å². The number of piperazine rings is 1. The summed E-state index contributed by atoms with van der Waals surface area (Å²) in [6.07, 6.45) is 1.61. The Labute approximate surface area is 121 Å². The van der Waals surface area contributed by atoms with Gasteiger partial charge in [-0.1, -0.05) is 19.1 Å². The Morgan fingerprint density at radius 3 is 2.35 bits per heavy atom. The van der Waals surface area contributed by atoms with E-state index in [1.54, 1.807) is 7.11 Å². The third-order valence-electron chi connectivity index (χ3n) is 3.75. The van der Waals surface area contributed by atoms with E-state index in [-0.39, 0.29) is 0 Å². The number of carbonyl (C=O) groups excluding carboxylic acids is 1. The van der Waals surface area contributed by atoms with E-state index in [9.17, 15) is 4.79 Å². The third kappa shape index (κ3) is 3.97. The normalized spacial score (nSPS) is 16.2. The van der Waals surface area contributed by atoms with E-state index in [4.69, 9.17) is 4.74 Å². The van der Waals surface area contributed by atoms with Gasteiger partial charge in [0.05, 0.1) is 7.11 Å². The highest BCUT2D eigenvalue weighted by Crippen LogP contribution is 2.14. The van der Waals surface area contributed by atoms with Crippen LogP contribution in [0.2, 0.25) is 0 Å². The maximum absolute atomic E-state index is 11.8. The van der Waals surface area contributed by atoms with Crippen LogP contribution in [0.15, 0.2) is 24.3 Å². The van der Waals surface area contributed by atoms with Crippen LogP contribution >= 0.6 is 0 Å². The zero-order valence-corrected chi connectivity index (χ0v) is 12.5. The molecular formula is C16H24N2O2. The molecule has 1 aliphatic rings. The number of hydrogen-bond donors (Lipinski definition) is 0. The maximum atomic E-state index is 11.8. The summed E-state index contributed by atoms with van der Waals surface area (Å²) in [4.78, 5) is 16.2. The molecule has 1 heterocycles. The molecule has 0 N–H and O–H groups in total. The molecule has 4 heteroatoms. The molecule has 0 atom stereocenters. The fraction of sp³-hybridized carbons (Fsp3) is 0.562. The van der Waals surface area contributed by atoms with Gasteiger partial charge in [0.1, 0.15) is 5.75 Å². The molecule has 0 radical (unpaired) electrons. The molecule has 1 fully saturated rings. The van der Waals surface area contributed by atoms with Crippen molar-refractivity contribution in [2.75, 3.05) is 33.3 Å². The lowest BCUT2D eigenvalue weighted by Gasteiger charge is -2.34. The van der Waals surface area contributed by atoms with Gasteiger partial charge < -0.3 is 9.64 Å². The molecule has 1 amide bonds. The third-order valence-corrected chi connectivity index (χ3v) is 3.75. The second-order valence-electron chi connectivity index (χ2n) is 5.26. The van der Waals surface area contributed by atoms with Crippen LogP contribution in [0.25, 0.3) is 0 Å². The number of nitrogens with zero attached hydrogens (tertiary/aromatic N) is 2. The first kappa shape index (κ1) is 14.9. The lowest BCUT2D eigenvalue weighted by atomic mass is 10.2. The first-order chi connectivity index (χ1) is 9.72. The van der Waals surface area contributed by atoms with Gasteiger partial charge in [0, 0.05) is 39.1 Å². The lowest BCUT2D eigenvalue weighted by molar-refractivity contribution is -0.133. The maximum Gasteiger partial charge on any atom is 0.222 e. The van der Waals surface area contributed by atoms with Crippen molar-refractivity contribution in [3.05, 3.63) is 29.8 Å². The summed E-state index contributed by atoms with van der Waals surface area (Å²) >= 11 is 0. The summed E-state index contributed by atoms with van der Waals surface area (Å²) in [5.41, 5.74) is 1.29. The summed E-state index contributed by atoms with van der Waals surface area (Å²) in [6, 6.07) is 8.20. The van der Waals surface area contributed by atoms with Crippen LogP contribution in [-0.2, 0) is 11.3 Å². The van der Waals surface area contributed by atoms with E-state index in [2.05, 4.69) is 24.0 Å². The molecule has 0 spiro atoms. The van der Waals surface area contributed by atoms with Crippen molar-refractivity contribution in [1.29, 1.82) is 0 Å². The van der Waals surface area contributed by atoms with Crippen LogP contribution in [-0.4, -0.2) is 49.0 Å². The van der Waals surface area contributed by atoms with E-state index in [1.165, 1.54) is 5.56 Å². The van der Waals surface area contributed by atoms with Crippen molar-refractivity contribution < 1.29 is 9.53 Å². The average Bonchev–Trinajstić information content (AvgIpc) is 2.49. The Morgan fingerprint density at radius 1 is 1.15 bits per heavy atom. The van der Waals surface area contributed by atoms with Crippen molar-refractivity contribution in [3.63, 3.8) is 0 Å². The number of ether oxygens (including phenoxy) is 1. The predicted molar refractivity (Wildman–Crippen MR) is 79.8 cm³/mol. The van der Waals surface area contributed by atoms with E-state index >= 15 is 0 Å². The summed E-state index contributed by atoms with van der Waals surface area (Å²) in [7, 11) is 1.68. The Kier molecular flexibility index (Phi) is 5.41. The fourth-order valence-corrected chi connectivity index (χ4v) is 2.52. The molecular weight excluding hydrogens is 252 g/mol. The second-order valence-corrected chi connectivity index (χ2v) is 5.26. The van der Waals surface area contributed by atoms with Crippen molar-refractivity contribution >= 4 is 5.91 Å². The SMILES string of the molecule is CCCC(=O)N1CCN(Cc2ccc(OC)cc2)CC1. The predicted octanol–water partition coefficient (Wildman–Crippen LogP) is 2.14. The fourth-order valence-electron chi connectivity index (χ4n) is 2.52. The molecule has 0 unspecified atom stereocenters.